The second-order valence-corrected chi connectivity index (χ2v) is 3.60. The van der Waals surface area contributed by atoms with Gasteiger partial charge in [-0.2, -0.15) is 0 Å². The van der Waals surface area contributed by atoms with Crippen molar-refractivity contribution in [3.05, 3.63) is 0 Å². The van der Waals surface area contributed by atoms with E-state index in [9.17, 15) is 4.79 Å². The zero-order chi connectivity index (χ0) is 12.2. The lowest BCUT2D eigenvalue weighted by molar-refractivity contribution is -0.149. The van der Waals surface area contributed by atoms with Crippen LogP contribution in [-0.2, 0) is 19.0 Å². The van der Waals surface area contributed by atoms with Crippen molar-refractivity contribution in [3.63, 3.8) is 0 Å². The van der Waals surface area contributed by atoms with Crippen molar-refractivity contribution in [1.29, 1.82) is 0 Å². The van der Waals surface area contributed by atoms with Crippen molar-refractivity contribution < 1.29 is 19.0 Å². The molecular formula is C11H23NO4. The Morgan fingerprint density at radius 3 is 2.62 bits per heavy atom. The minimum atomic E-state index is -0.203. The lowest BCUT2D eigenvalue weighted by atomic mass is 10.1. The van der Waals surface area contributed by atoms with Crippen LogP contribution in [0.4, 0.5) is 0 Å². The maximum absolute atomic E-state index is 11.3. The van der Waals surface area contributed by atoms with E-state index in [-0.39, 0.29) is 11.9 Å². The lowest BCUT2D eigenvalue weighted by Gasteiger charge is -2.10. The second-order valence-electron chi connectivity index (χ2n) is 3.60. The number of hydrogen-bond acceptors (Lipinski definition) is 5. The fourth-order valence-corrected chi connectivity index (χ4v) is 1.12. The number of methoxy groups -OCH3 is 1. The molecule has 0 spiro atoms. The van der Waals surface area contributed by atoms with Crippen LogP contribution in [0, 0.1) is 5.92 Å². The Kier molecular flexibility index (Phi) is 10.4. The molecular weight excluding hydrogens is 210 g/mol. The van der Waals surface area contributed by atoms with Gasteiger partial charge in [0.1, 0.15) is 6.61 Å². The van der Waals surface area contributed by atoms with Crippen molar-refractivity contribution in [2.24, 2.45) is 11.7 Å². The van der Waals surface area contributed by atoms with Crippen molar-refractivity contribution in [3.8, 4) is 0 Å². The van der Waals surface area contributed by atoms with Gasteiger partial charge in [-0.05, 0) is 19.4 Å². The number of rotatable bonds is 10. The minimum Gasteiger partial charge on any atom is -0.463 e. The number of carbonyl (C=O) groups is 1. The van der Waals surface area contributed by atoms with E-state index in [1.165, 1.54) is 0 Å². The average molecular weight is 233 g/mol. The summed E-state index contributed by atoms with van der Waals surface area (Å²) in [6.45, 7) is 4.38. The molecule has 0 bridgehead atoms. The van der Waals surface area contributed by atoms with E-state index in [4.69, 9.17) is 19.9 Å². The van der Waals surface area contributed by atoms with Gasteiger partial charge in [0.25, 0.3) is 0 Å². The van der Waals surface area contributed by atoms with Gasteiger partial charge in [0.2, 0.25) is 0 Å². The normalized spacial score (nSPS) is 12.4. The summed E-state index contributed by atoms with van der Waals surface area (Å²) in [5.74, 6) is -0.329. The Bertz CT molecular complexity index is 175. The molecule has 0 aromatic carbocycles. The topological polar surface area (TPSA) is 70.8 Å². The number of nitrogens with two attached hydrogens (primary N) is 1. The van der Waals surface area contributed by atoms with Crippen molar-refractivity contribution >= 4 is 5.97 Å². The number of esters is 1. The first-order valence-electron chi connectivity index (χ1n) is 5.65. The zero-order valence-electron chi connectivity index (χ0n) is 10.2. The molecule has 0 rings (SSSR count). The van der Waals surface area contributed by atoms with Crippen LogP contribution >= 0.6 is 0 Å². The van der Waals surface area contributed by atoms with Crippen LogP contribution in [0.25, 0.3) is 0 Å². The summed E-state index contributed by atoms with van der Waals surface area (Å²) in [5.41, 5.74) is 5.35. The monoisotopic (exact) mass is 233 g/mol. The van der Waals surface area contributed by atoms with E-state index in [1.54, 1.807) is 7.11 Å². The first-order valence-corrected chi connectivity index (χ1v) is 5.65. The second kappa shape index (κ2) is 10.9. The number of hydrogen-bond donors (Lipinski definition) is 1. The quantitative estimate of drug-likeness (QED) is 0.441. The molecule has 0 aromatic rings. The summed E-state index contributed by atoms with van der Waals surface area (Å²) < 4.78 is 15.1. The van der Waals surface area contributed by atoms with Gasteiger partial charge in [0.15, 0.2) is 0 Å². The molecule has 0 amide bonds. The predicted molar refractivity (Wildman–Crippen MR) is 61.1 cm³/mol. The molecule has 0 saturated carbocycles. The summed E-state index contributed by atoms with van der Waals surface area (Å²) >= 11 is 0. The molecule has 0 aliphatic rings. The lowest BCUT2D eigenvalue weighted by Crippen LogP contribution is -2.20. The summed E-state index contributed by atoms with van der Waals surface area (Å²) in [5, 5.41) is 0. The Morgan fingerprint density at radius 1 is 1.25 bits per heavy atom. The van der Waals surface area contributed by atoms with Gasteiger partial charge in [-0.15, -0.1) is 0 Å². The maximum Gasteiger partial charge on any atom is 0.308 e. The van der Waals surface area contributed by atoms with Crippen LogP contribution in [0.15, 0.2) is 0 Å². The van der Waals surface area contributed by atoms with Crippen LogP contribution in [-0.4, -0.2) is 46.1 Å². The summed E-state index contributed by atoms with van der Waals surface area (Å²) in [6, 6.07) is 0. The fraction of sp³-hybridized carbons (Fsp3) is 0.909. The van der Waals surface area contributed by atoms with Crippen LogP contribution in [0.3, 0.4) is 0 Å². The molecule has 1 unspecified atom stereocenters. The van der Waals surface area contributed by atoms with Gasteiger partial charge in [-0.3, -0.25) is 4.79 Å². The van der Waals surface area contributed by atoms with Gasteiger partial charge >= 0.3 is 5.97 Å². The molecule has 5 heteroatoms. The SMILES string of the molecule is COCCCOCCOC(=O)C(C)CCN. The zero-order valence-corrected chi connectivity index (χ0v) is 10.2. The fourth-order valence-electron chi connectivity index (χ4n) is 1.12. The van der Waals surface area contributed by atoms with Crippen LogP contribution in [0.2, 0.25) is 0 Å². The van der Waals surface area contributed by atoms with Crippen molar-refractivity contribution in [2.75, 3.05) is 40.1 Å². The van der Waals surface area contributed by atoms with Gasteiger partial charge in [0.05, 0.1) is 12.5 Å². The molecule has 0 saturated heterocycles. The first-order chi connectivity index (χ1) is 7.72. The van der Waals surface area contributed by atoms with Crippen LogP contribution in [0.5, 0.6) is 0 Å². The van der Waals surface area contributed by atoms with Gasteiger partial charge in [-0.1, -0.05) is 6.92 Å². The van der Waals surface area contributed by atoms with E-state index in [0.29, 0.717) is 39.4 Å². The molecule has 0 aliphatic carbocycles. The molecule has 1 atom stereocenters. The Morgan fingerprint density at radius 2 is 2.00 bits per heavy atom. The van der Waals surface area contributed by atoms with Crippen LogP contribution in [0.1, 0.15) is 19.8 Å². The van der Waals surface area contributed by atoms with E-state index < -0.39 is 0 Å². The molecule has 0 fully saturated rings. The van der Waals surface area contributed by atoms with Crippen LogP contribution < -0.4 is 5.73 Å². The molecule has 5 nitrogen and oxygen atoms in total. The summed E-state index contributed by atoms with van der Waals surface area (Å²) in [4.78, 5) is 11.3. The Hall–Kier alpha value is -0.650. The summed E-state index contributed by atoms with van der Waals surface area (Å²) in [6.07, 6.45) is 1.52. The van der Waals surface area contributed by atoms with Gasteiger partial charge in [-0.25, -0.2) is 0 Å². The smallest absolute Gasteiger partial charge is 0.308 e. The third kappa shape index (κ3) is 8.64. The molecule has 0 aromatic heterocycles. The van der Waals surface area contributed by atoms with Crippen molar-refractivity contribution in [2.45, 2.75) is 19.8 Å². The average Bonchev–Trinajstić information content (AvgIpc) is 2.28. The summed E-state index contributed by atoms with van der Waals surface area (Å²) in [7, 11) is 1.65. The highest BCUT2D eigenvalue weighted by molar-refractivity contribution is 5.71. The molecule has 0 heterocycles. The Balaban J connectivity index is 3.27. The number of ether oxygens (including phenoxy) is 3. The van der Waals surface area contributed by atoms with E-state index in [1.807, 2.05) is 6.92 Å². The largest absolute Gasteiger partial charge is 0.463 e. The molecule has 16 heavy (non-hydrogen) atoms. The standard InChI is InChI=1S/C11H23NO4/c1-10(4-5-12)11(13)16-9-8-15-7-3-6-14-2/h10H,3-9,12H2,1-2H3. The van der Waals surface area contributed by atoms with E-state index >= 15 is 0 Å². The molecule has 96 valence electrons. The Labute approximate surface area is 97.2 Å². The first kappa shape index (κ1) is 15.3. The van der Waals surface area contributed by atoms with Gasteiger partial charge < -0.3 is 19.9 Å². The predicted octanol–water partition coefficient (Wildman–Crippen LogP) is 0.568. The maximum atomic E-state index is 11.3. The minimum absolute atomic E-state index is 0.126. The molecule has 0 radical (unpaired) electrons. The number of carbonyl (C=O) groups excluding carboxylic acids is 1. The van der Waals surface area contributed by atoms with E-state index in [0.717, 1.165) is 6.42 Å². The molecule has 0 aliphatic heterocycles. The highest BCUT2D eigenvalue weighted by Crippen LogP contribution is 2.02. The van der Waals surface area contributed by atoms with Crippen molar-refractivity contribution in [1.82, 2.24) is 0 Å². The highest BCUT2D eigenvalue weighted by atomic mass is 16.6. The third-order valence-electron chi connectivity index (χ3n) is 2.11. The third-order valence-corrected chi connectivity index (χ3v) is 2.11. The van der Waals surface area contributed by atoms with E-state index in [2.05, 4.69) is 0 Å². The highest BCUT2D eigenvalue weighted by Gasteiger charge is 2.12. The molecule has 2 N–H and O–H groups in total. The van der Waals surface area contributed by atoms with Gasteiger partial charge in [0, 0.05) is 20.3 Å².